The van der Waals surface area contributed by atoms with Crippen LogP contribution in [0.1, 0.15) is 5.56 Å². The van der Waals surface area contributed by atoms with E-state index in [2.05, 4.69) is 10.3 Å². The minimum Gasteiger partial charge on any atom is -0.384 e. The third kappa shape index (κ3) is 3.32. The lowest BCUT2D eigenvalue weighted by Crippen LogP contribution is -2.06. The Labute approximate surface area is 114 Å². The summed E-state index contributed by atoms with van der Waals surface area (Å²) in [4.78, 5) is 14.3. The molecule has 0 saturated heterocycles. The molecule has 0 aliphatic rings. The van der Waals surface area contributed by atoms with E-state index in [-0.39, 0.29) is 17.3 Å². The lowest BCUT2D eigenvalue weighted by atomic mass is 10.2. The highest BCUT2D eigenvalue weighted by Crippen LogP contribution is 2.23. The molecular formula is C12H11ClN4O2. The van der Waals surface area contributed by atoms with Crippen molar-refractivity contribution in [2.75, 3.05) is 11.1 Å². The summed E-state index contributed by atoms with van der Waals surface area (Å²) in [6.45, 7) is 0.397. The minimum atomic E-state index is -0.503. The van der Waals surface area contributed by atoms with E-state index >= 15 is 0 Å². The van der Waals surface area contributed by atoms with Crippen molar-refractivity contribution in [3.8, 4) is 0 Å². The monoisotopic (exact) mass is 278 g/mol. The molecule has 19 heavy (non-hydrogen) atoms. The number of benzene rings is 1. The van der Waals surface area contributed by atoms with E-state index in [1.165, 1.54) is 12.1 Å². The predicted molar refractivity (Wildman–Crippen MR) is 74.1 cm³/mol. The molecule has 1 aromatic heterocycles. The van der Waals surface area contributed by atoms with Crippen LogP contribution in [0, 0.1) is 10.1 Å². The summed E-state index contributed by atoms with van der Waals surface area (Å²) in [5.74, 6) is 0.379. The molecule has 0 radical (unpaired) electrons. The number of hydrogen-bond acceptors (Lipinski definition) is 5. The number of rotatable bonds is 4. The van der Waals surface area contributed by atoms with Crippen LogP contribution < -0.4 is 11.1 Å². The van der Waals surface area contributed by atoms with E-state index in [1.807, 2.05) is 12.1 Å². The van der Waals surface area contributed by atoms with Crippen molar-refractivity contribution in [2.24, 2.45) is 0 Å². The zero-order chi connectivity index (χ0) is 13.8. The standard InChI is InChI=1S/C12H11ClN4O2/c13-9-3-1-8(2-4-9)7-15-12-10(17(18)19)5-6-11(14)16-12/h1-6H,7H2,(H3,14,15,16). The fourth-order valence-corrected chi connectivity index (χ4v) is 1.66. The maximum Gasteiger partial charge on any atom is 0.311 e. The smallest absolute Gasteiger partial charge is 0.311 e. The third-order valence-electron chi connectivity index (χ3n) is 2.47. The van der Waals surface area contributed by atoms with Gasteiger partial charge in [0.15, 0.2) is 0 Å². The van der Waals surface area contributed by atoms with Crippen molar-refractivity contribution in [2.45, 2.75) is 6.54 Å². The van der Waals surface area contributed by atoms with Crippen molar-refractivity contribution < 1.29 is 4.92 Å². The summed E-state index contributed by atoms with van der Waals surface area (Å²) in [5.41, 5.74) is 6.35. The number of pyridine rings is 1. The molecule has 0 bridgehead atoms. The molecule has 7 heteroatoms. The molecule has 0 amide bonds. The number of aromatic nitrogens is 1. The molecule has 0 atom stereocenters. The molecule has 0 saturated carbocycles. The Hall–Kier alpha value is -2.34. The average molecular weight is 279 g/mol. The number of nitrogen functional groups attached to an aromatic ring is 1. The van der Waals surface area contributed by atoms with Gasteiger partial charge in [0.05, 0.1) is 4.92 Å². The molecule has 98 valence electrons. The summed E-state index contributed by atoms with van der Waals surface area (Å²) in [7, 11) is 0. The second-order valence-electron chi connectivity index (χ2n) is 3.84. The number of nitrogens with two attached hydrogens (primary N) is 1. The molecule has 0 aliphatic carbocycles. The van der Waals surface area contributed by atoms with Crippen molar-refractivity contribution in [3.63, 3.8) is 0 Å². The summed E-state index contributed by atoms with van der Waals surface area (Å²) in [6, 6.07) is 9.87. The first-order chi connectivity index (χ1) is 9.06. The molecule has 1 heterocycles. The summed E-state index contributed by atoms with van der Waals surface area (Å²) in [6.07, 6.45) is 0. The topological polar surface area (TPSA) is 94.1 Å². The largest absolute Gasteiger partial charge is 0.384 e. The van der Waals surface area contributed by atoms with Gasteiger partial charge in [-0.05, 0) is 23.8 Å². The number of nitro groups is 1. The van der Waals surface area contributed by atoms with Crippen molar-refractivity contribution in [1.29, 1.82) is 0 Å². The number of hydrogen-bond donors (Lipinski definition) is 2. The highest BCUT2D eigenvalue weighted by molar-refractivity contribution is 6.30. The van der Waals surface area contributed by atoms with Crippen LogP contribution in [-0.4, -0.2) is 9.91 Å². The normalized spacial score (nSPS) is 10.2. The number of nitrogens with zero attached hydrogens (tertiary/aromatic N) is 2. The Kier molecular flexibility index (Phi) is 3.82. The Morgan fingerprint density at radius 2 is 1.95 bits per heavy atom. The average Bonchev–Trinajstić information content (AvgIpc) is 2.38. The van der Waals surface area contributed by atoms with Crippen LogP contribution in [0.2, 0.25) is 5.02 Å². The molecular weight excluding hydrogens is 268 g/mol. The first kappa shape index (κ1) is 13.1. The van der Waals surface area contributed by atoms with Crippen molar-refractivity contribution >= 4 is 28.9 Å². The Bertz CT molecular complexity index is 601. The maximum atomic E-state index is 10.9. The molecule has 0 aliphatic heterocycles. The molecule has 6 nitrogen and oxygen atoms in total. The van der Waals surface area contributed by atoms with Crippen LogP contribution >= 0.6 is 11.6 Å². The van der Waals surface area contributed by atoms with Gasteiger partial charge in [-0.25, -0.2) is 4.98 Å². The van der Waals surface area contributed by atoms with Crippen LogP contribution in [0.5, 0.6) is 0 Å². The molecule has 0 fully saturated rings. The van der Waals surface area contributed by atoms with Gasteiger partial charge in [0, 0.05) is 17.6 Å². The van der Waals surface area contributed by atoms with Gasteiger partial charge >= 0.3 is 5.69 Å². The lowest BCUT2D eigenvalue weighted by Gasteiger charge is -2.07. The van der Waals surface area contributed by atoms with Crippen LogP contribution in [0.4, 0.5) is 17.3 Å². The maximum absolute atomic E-state index is 10.9. The molecule has 2 rings (SSSR count). The van der Waals surface area contributed by atoms with Crippen LogP contribution in [0.25, 0.3) is 0 Å². The molecule has 2 aromatic rings. The second-order valence-corrected chi connectivity index (χ2v) is 4.28. The highest BCUT2D eigenvalue weighted by Gasteiger charge is 2.14. The van der Waals surface area contributed by atoms with E-state index in [1.54, 1.807) is 12.1 Å². The zero-order valence-corrected chi connectivity index (χ0v) is 10.6. The Morgan fingerprint density at radius 1 is 1.26 bits per heavy atom. The van der Waals surface area contributed by atoms with E-state index < -0.39 is 4.92 Å². The second kappa shape index (κ2) is 5.53. The SMILES string of the molecule is Nc1ccc([N+](=O)[O-])c(NCc2ccc(Cl)cc2)n1. The van der Waals surface area contributed by atoms with Gasteiger partial charge in [0.25, 0.3) is 0 Å². The Morgan fingerprint density at radius 3 is 2.58 bits per heavy atom. The van der Waals surface area contributed by atoms with Crippen LogP contribution in [0.15, 0.2) is 36.4 Å². The fourth-order valence-electron chi connectivity index (χ4n) is 1.53. The molecule has 3 N–H and O–H groups in total. The van der Waals surface area contributed by atoms with Crippen molar-refractivity contribution in [1.82, 2.24) is 4.98 Å². The van der Waals surface area contributed by atoms with E-state index in [4.69, 9.17) is 17.3 Å². The van der Waals surface area contributed by atoms with E-state index in [0.717, 1.165) is 5.56 Å². The van der Waals surface area contributed by atoms with Crippen LogP contribution in [-0.2, 0) is 6.54 Å². The number of halogens is 1. The van der Waals surface area contributed by atoms with Gasteiger partial charge in [-0.3, -0.25) is 10.1 Å². The van der Waals surface area contributed by atoms with Crippen LogP contribution in [0.3, 0.4) is 0 Å². The van der Waals surface area contributed by atoms with Gasteiger partial charge in [-0.2, -0.15) is 0 Å². The van der Waals surface area contributed by atoms with Gasteiger partial charge in [-0.15, -0.1) is 0 Å². The quantitative estimate of drug-likeness (QED) is 0.662. The zero-order valence-electron chi connectivity index (χ0n) is 9.84. The Balaban J connectivity index is 2.16. The summed E-state index contributed by atoms with van der Waals surface area (Å²) in [5, 5.41) is 14.4. The number of nitrogens with one attached hydrogen (secondary N) is 1. The summed E-state index contributed by atoms with van der Waals surface area (Å²) >= 11 is 5.78. The van der Waals surface area contributed by atoms with Gasteiger partial charge in [-0.1, -0.05) is 23.7 Å². The molecule has 1 aromatic carbocycles. The number of anilines is 2. The van der Waals surface area contributed by atoms with Gasteiger partial charge in [0.2, 0.25) is 5.82 Å². The predicted octanol–water partition coefficient (Wildman–Crippen LogP) is 2.84. The van der Waals surface area contributed by atoms with Gasteiger partial charge in [0.1, 0.15) is 5.82 Å². The van der Waals surface area contributed by atoms with E-state index in [9.17, 15) is 10.1 Å². The summed E-state index contributed by atoms with van der Waals surface area (Å²) < 4.78 is 0. The molecule has 0 spiro atoms. The first-order valence-corrected chi connectivity index (χ1v) is 5.83. The lowest BCUT2D eigenvalue weighted by molar-refractivity contribution is -0.384. The van der Waals surface area contributed by atoms with Crippen molar-refractivity contribution in [3.05, 3.63) is 57.1 Å². The van der Waals surface area contributed by atoms with E-state index in [0.29, 0.717) is 11.6 Å². The first-order valence-electron chi connectivity index (χ1n) is 5.45. The van der Waals surface area contributed by atoms with Gasteiger partial charge < -0.3 is 11.1 Å². The molecule has 0 unspecified atom stereocenters. The fraction of sp³-hybridized carbons (Fsp3) is 0.0833. The third-order valence-corrected chi connectivity index (χ3v) is 2.72. The minimum absolute atomic E-state index is 0.108. The highest BCUT2D eigenvalue weighted by atomic mass is 35.5.